The molecular weight excluding hydrogens is 613 g/mol. The number of hydrogen-bond acceptors (Lipinski definition) is 4. The molecule has 10 rings (SSSR count). The fourth-order valence-corrected chi connectivity index (χ4v) is 7.15. The lowest BCUT2D eigenvalue weighted by molar-refractivity contribution is 0.670. The molecule has 5 nitrogen and oxygen atoms in total. The third kappa shape index (κ3) is 4.52. The van der Waals surface area contributed by atoms with Gasteiger partial charge in [-0.3, -0.25) is 0 Å². The number of furan rings is 1. The third-order valence-electron chi connectivity index (χ3n) is 9.46. The molecule has 7 aromatic carbocycles. The number of nitrogens with zero attached hydrogens (tertiary/aromatic N) is 4. The Hall–Kier alpha value is -6.85. The molecule has 3 aromatic heterocycles. The Labute approximate surface area is 287 Å². The zero-order valence-electron chi connectivity index (χ0n) is 26.9. The van der Waals surface area contributed by atoms with E-state index in [1.54, 1.807) is 0 Å². The van der Waals surface area contributed by atoms with Crippen LogP contribution >= 0.6 is 0 Å². The first kappa shape index (κ1) is 28.2. The van der Waals surface area contributed by atoms with Crippen LogP contribution in [0, 0.1) is 0 Å². The van der Waals surface area contributed by atoms with Gasteiger partial charge in [0.05, 0.1) is 16.6 Å². The number of rotatable bonds is 5. The first-order chi connectivity index (χ1) is 24.8. The highest BCUT2D eigenvalue weighted by atomic mass is 16.3. The van der Waals surface area contributed by atoms with E-state index in [-0.39, 0.29) is 0 Å². The van der Waals surface area contributed by atoms with Crippen molar-refractivity contribution in [3.63, 3.8) is 0 Å². The Morgan fingerprint density at radius 1 is 0.360 bits per heavy atom. The summed E-state index contributed by atoms with van der Waals surface area (Å²) in [4.78, 5) is 14.9. The van der Waals surface area contributed by atoms with Crippen LogP contribution in [0.3, 0.4) is 0 Å². The molecule has 0 N–H and O–H groups in total. The molecule has 0 aliphatic heterocycles. The molecule has 0 amide bonds. The molecule has 0 saturated heterocycles. The van der Waals surface area contributed by atoms with Gasteiger partial charge in [-0.2, -0.15) is 0 Å². The van der Waals surface area contributed by atoms with Gasteiger partial charge in [0.25, 0.3) is 0 Å². The molecule has 234 valence electrons. The Morgan fingerprint density at radius 2 is 0.880 bits per heavy atom. The van der Waals surface area contributed by atoms with Crippen LogP contribution in [0.1, 0.15) is 0 Å². The average molecular weight is 641 g/mol. The summed E-state index contributed by atoms with van der Waals surface area (Å²) in [5.41, 5.74) is 9.83. The van der Waals surface area contributed by atoms with Crippen LogP contribution in [0.25, 0.3) is 94.7 Å². The van der Waals surface area contributed by atoms with Crippen molar-refractivity contribution in [3.05, 3.63) is 170 Å². The first-order valence-electron chi connectivity index (χ1n) is 16.7. The van der Waals surface area contributed by atoms with E-state index in [4.69, 9.17) is 19.4 Å². The molecule has 0 saturated carbocycles. The van der Waals surface area contributed by atoms with E-state index in [2.05, 4.69) is 108 Å². The predicted molar refractivity (Wildman–Crippen MR) is 203 cm³/mol. The van der Waals surface area contributed by atoms with Gasteiger partial charge < -0.3 is 8.98 Å². The van der Waals surface area contributed by atoms with Crippen LogP contribution in [0.5, 0.6) is 0 Å². The van der Waals surface area contributed by atoms with Gasteiger partial charge >= 0.3 is 0 Å². The Bertz CT molecular complexity index is 2800. The molecule has 0 atom stereocenters. The summed E-state index contributed by atoms with van der Waals surface area (Å²) in [5, 5.41) is 4.50. The minimum atomic E-state index is 0.567. The summed E-state index contributed by atoms with van der Waals surface area (Å²) >= 11 is 0. The second-order valence-corrected chi connectivity index (χ2v) is 12.4. The molecule has 0 spiro atoms. The van der Waals surface area contributed by atoms with E-state index in [9.17, 15) is 0 Å². The number of aromatic nitrogens is 4. The number of hydrogen-bond donors (Lipinski definition) is 0. The fourth-order valence-electron chi connectivity index (χ4n) is 7.15. The number of para-hydroxylation sites is 4. The summed E-state index contributed by atoms with van der Waals surface area (Å²) in [6.45, 7) is 0. The van der Waals surface area contributed by atoms with Crippen LogP contribution < -0.4 is 0 Å². The topological polar surface area (TPSA) is 56.7 Å². The van der Waals surface area contributed by atoms with Gasteiger partial charge in [-0.15, -0.1) is 0 Å². The maximum atomic E-state index is 6.89. The van der Waals surface area contributed by atoms with E-state index in [0.29, 0.717) is 17.5 Å². The lowest BCUT2D eigenvalue weighted by Gasteiger charge is -2.09. The van der Waals surface area contributed by atoms with Crippen molar-refractivity contribution < 1.29 is 4.42 Å². The van der Waals surface area contributed by atoms with Crippen LogP contribution in [0.15, 0.2) is 174 Å². The van der Waals surface area contributed by atoms with Gasteiger partial charge in [-0.25, -0.2) is 15.0 Å². The molecule has 5 heteroatoms. The highest BCUT2D eigenvalue weighted by Gasteiger charge is 2.20. The molecule has 0 aliphatic rings. The lowest BCUT2D eigenvalue weighted by Crippen LogP contribution is -2.00. The lowest BCUT2D eigenvalue weighted by atomic mass is 10.0. The largest absolute Gasteiger partial charge is 0.455 e. The standard InChI is InChI=1S/C45H28N4O/c1-4-14-29(15-5-1)43-46-44(30-16-6-2-7-17-30)48-45(47-43)38-24-13-23-37-36-22-12-21-33(41(36)50-42(37)38)31-26-27-35-34-20-10-11-25-39(34)49(40(35)28-31)32-18-8-3-9-19-32/h1-28H. The number of fused-ring (bicyclic) bond motifs is 6. The molecule has 0 fully saturated rings. The normalized spacial score (nSPS) is 11.6. The van der Waals surface area contributed by atoms with E-state index >= 15 is 0 Å². The fraction of sp³-hybridized carbons (Fsp3) is 0. The van der Waals surface area contributed by atoms with Crippen molar-refractivity contribution in [2.75, 3.05) is 0 Å². The predicted octanol–water partition coefficient (Wildman–Crippen LogP) is 11.5. The molecule has 0 aliphatic carbocycles. The second kappa shape index (κ2) is 11.4. The highest BCUT2D eigenvalue weighted by Crippen LogP contribution is 2.41. The monoisotopic (exact) mass is 640 g/mol. The average Bonchev–Trinajstić information content (AvgIpc) is 3.74. The van der Waals surface area contributed by atoms with Crippen molar-refractivity contribution >= 4 is 43.7 Å². The van der Waals surface area contributed by atoms with E-state index in [0.717, 1.165) is 61.0 Å². The molecule has 10 aromatic rings. The van der Waals surface area contributed by atoms with Crippen LogP contribution in [0.2, 0.25) is 0 Å². The van der Waals surface area contributed by atoms with Gasteiger partial charge in [-0.1, -0.05) is 140 Å². The zero-order valence-corrected chi connectivity index (χ0v) is 26.9. The zero-order chi connectivity index (χ0) is 33.0. The van der Waals surface area contributed by atoms with Gasteiger partial charge in [0.2, 0.25) is 0 Å². The molecule has 0 radical (unpaired) electrons. The van der Waals surface area contributed by atoms with E-state index in [1.165, 1.54) is 16.3 Å². The van der Waals surface area contributed by atoms with Gasteiger partial charge in [0, 0.05) is 43.9 Å². The summed E-state index contributed by atoms with van der Waals surface area (Å²) in [5.74, 6) is 1.80. The van der Waals surface area contributed by atoms with Crippen molar-refractivity contribution in [1.82, 2.24) is 19.5 Å². The van der Waals surface area contributed by atoms with Gasteiger partial charge in [0.1, 0.15) is 11.2 Å². The van der Waals surface area contributed by atoms with E-state index in [1.807, 2.05) is 66.7 Å². The quantitative estimate of drug-likeness (QED) is 0.188. The Balaban J connectivity index is 1.18. The second-order valence-electron chi connectivity index (χ2n) is 12.4. The maximum absolute atomic E-state index is 6.89. The van der Waals surface area contributed by atoms with Crippen molar-refractivity contribution in [2.45, 2.75) is 0 Å². The summed E-state index contributed by atoms with van der Waals surface area (Å²) in [7, 11) is 0. The first-order valence-corrected chi connectivity index (χ1v) is 16.7. The van der Waals surface area contributed by atoms with Crippen LogP contribution in [-0.2, 0) is 0 Å². The minimum Gasteiger partial charge on any atom is -0.455 e. The minimum absolute atomic E-state index is 0.567. The van der Waals surface area contributed by atoms with Crippen molar-refractivity contribution in [1.29, 1.82) is 0 Å². The summed E-state index contributed by atoms with van der Waals surface area (Å²) in [6.07, 6.45) is 0. The van der Waals surface area contributed by atoms with Crippen molar-refractivity contribution in [2.24, 2.45) is 0 Å². The maximum Gasteiger partial charge on any atom is 0.167 e. The SMILES string of the molecule is c1ccc(-c2nc(-c3ccccc3)nc(-c3cccc4c3oc3c(-c5ccc6c7ccccc7n(-c7ccccc7)c6c5)cccc34)n2)cc1. The smallest absolute Gasteiger partial charge is 0.167 e. The molecular formula is C45H28N4O. The molecule has 50 heavy (non-hydrogen) atoms. The Kier molecular flexibility index (Phi) is 6.42. The summed E-state index contributed by atoms with van der Waals surface area (Å²) < 4.78 is 9.24. The van der Waals surface area contributed by atoms with Crippen molar-refractivity contribution in [3.8, 4) is 51.0 Å². The molecule has 0 unspecified atom stereocenters. The summed E-state index contributed by atoms with van der Waals surface area (Å²) in [6, 6.07) is 58.6. The van der Waals surface area contributed by atoms with E-state index < -0.39 is 0 Å². The van der Waals surface area contributed by atoms with Gasteiger partial charge in [-0.05, 0) is 35.9 Å². The van der Waals surface area contributed by atoms with Gasteiger partial charge in [0.15, 0.2) is 17.5 Å². The van der Waals surface area contributed by atoms with Crippen LogP contribution in [-0.4, -0.2) is 19.5 Å². The molecule has 0 bridgehead atoms. The third-order valence-corrected chi connectivity index (χ3v) is 9.46. The number of benzene rings is 7. The molecule has 3 heterocycles. The Morgan fingerprint density at radius 3 is 1.56 bits per heavy atom. The highest BCUT2D eigenvalue weighted by molar-refractivity contribution is 6.14. The van der Waals surface area contributed by atoms with Crippen LogP contribution in [0.4, 0.5) is 0 Å².